The van der Waals surface area contributed by atoms with Crippen LogP contribution in [0.1, 0.15) is 5.56 Å². The second-order valence-electron chi connectivity index (χ2n) is 3.20. The van der Waals surface area contributed by atoms with Gasteiger partial charge in [-0.1, -0.05) is 6.07 Å². The fourth-order valence-corrected chi connectivity index (χ4v) is 1.60. The number of aryl methyl sites for hydroxylation is 2. The van der Waals surface area contributed by atoms with E-state index >= 15 is 0 Å². The molecule has 3 heteroatoms. The molecule has 2 aromatic rings. The van der Waals surface area contributed by atoms with Crippen LogP contribution >= 0.6 is 12.4 Å². The molecule has 0 unspecified atom stereocenters. The molecular weight excluding hydrogens is 184 g/mol. The lowest BCUT2D eigenvalue weighted by atomic mass is 10.2. The van der Waals surface area contributed by atoms with E-state index in [1.54, 1.807) is 0 Å². The molecule has 0 amide bonds. The topological polar surface area (TPSA) is 30.9 Å². The van der Waals surface area contributed by atoms with Gasteiger partial charge in [0, 0.05) is 24.3 Å². The van der Waals surface area contributed by atoms with Gasteiger partial charge in [-0.2, -0.15) is 0 Å². The van der Waals surface area contributed by atoms with Crippen molar-refractivity contribution in [2.24, 2.45) is 7.05 Å². The highest BCUT2D eigenvalue weighted by atomic mass is 35.5. The van der Waals surface area contributed by atoms with Gasteiger partial charge in [0.15, 0.2) is 0 Å². The summed E-state index contributed by atoms with van der Waals surface area (Å²) < 4.78 is 2.10. The Labute approximate surface area is 83.8 Å². The summed E-state index contributed by atoms with van der Waals surface area (Å²) in [5, 5.41) is 1.28. The second-order valence-corrected chi connectivity index (χ2v) is 3.20. The van der Waals surface area contributed by atoms with Crippen LogP contribution in [0.2, 0.25) is 0 Å². The van der Waals surface area contributed by atoms with Crippen LogP contribution in [0.4, 0.5) is 5.69 Å². The number of anilines is 1. The van der Waals surface area contributed by atoms with Crippen molar-refractivity contribution < 1.29 is 0 Å². The van der Waals surface area contributed by atoms with Gasteiger partial charge in [-0.15, -0.1) is 12.4 Å². The summed E-state index contributed by atoms with van der Waals surface area (Å²) in [5.74, 6) is 0. The lowest BCUT2D eigenvalue weighted by Gasteiger charge is -1.96. The van der Waals surface area contributed by atoms with Crippen LogP contribution in [0, 0.1) is 6.92 Å². The van der Waals surface area contributed by atoms with Crippen molar-refractivity contribution in [3.8, 4) is 0 Å². The first-order valence-corrected chi connectivity index (χ1v) is 3.99. The molecule has 1 aromatic carbocycles. The first-order valence-electron chi connectivity index (χ1n) is 3.99. The van der Waals surface area contributed by atoms with Gasteiger partial charge in [0.05, 0.1) is 5.52 Å². The Bertz CT molecular complexity index is 432. The lowest BCUT2D eigenvalue weighted by Crippen LogP contribution is -1.87. The van der Waals surface area contributed by atoms with Crippen LogP contribution in [0.5, 0.6) is 0 Å². The highest BCUT2D eigenvalue weighted by Crippen LogP contribution is 2.21. The van der Waals surface area contributed by atoms with Crippen molar-refractivity contribution in [3.05, 3.63) is 30.0 Å². The molecule has 70 valence electrons. The highest BCUT2D eigenvalue weighted by Gasteiger charge is 2.01. The highest BCUT2D eigenvalue weighted by molar-refractivity contribution is 5.86. The van der Waals surface area contributed by atoms with Crippen molar-refractivity contribution in [2.45, 2.75) is 6.92 Å². The number of nitrogens with two attached hydrogens (primary N) is 1. The Morgan fingerprint density at radius 3 is 2.69 bits per heavy atom. The third-order valence-corrected chi connectivity index (χ3v) is 2.21. The van der Waals surface area contributed by atoms with Crippen molar-refractivity contribution in [1.29, 1.82) is 0 Å². The maximum absolute atomic E-state index is 5.69. The number of aromatic nitrogens is 1. The Kier molecular flexibility index (Phi) is 2.52. The zero-order chi connectivity index (χ0) is 8.72. The number of nitrogens with zero attached hydrogens (tertiary/aromatic N) is 1. The molecule has 2 N–H and O–H groups in total. The van der Waals surface area contributed by atoms with Gasteiger partial charge in [0.25, 0.3) is 0 Å². The van der Waals surface area contributed by atoms with Crippen LogP contribution in [0.3, 0.4) is 0 Å². The number of nitrogen functional groups attached to an aromatic ring is 1. The van der Waals surface area contributed by atoms with E-state index in [1.807, 2.05) is 19.2 Å². The van der Waals surface area contributed by atoms with Gasteiger partial charge in [-0.25, -0.2) is 0 Å². The third kappa shape index (κ3) is 1.49. The molecule has 2 rings (SSSR count). The van der Waals surface area contributed by atoms with Crippen molar-refractivity contribution in [3.63, 3.8) is 0 Å². The van der Waals surface area contributed by atoms with Crippen molar-refractivity contribution >= 4 is 29.0 Å². The fourth-order valence-electron chi connectivity index (χ4n) is 1.60. The zero-order valence-electron chi connectivity index (χ0n) is 7.74. The standard InChI is InChI=1S/C10H12N2.ClH/c1-7-6-12(2)10-5-8(11)3-4-9(7)10;/h3-6H,11H2,1-2H3;1H. The first-order chi connectivity index (χ1) is 5.68. The molecule has 1 heterocycles. The summed E-state index contributed by atoms with van der Waals surface area (Å²) in [6.07, 6.45) is 2.12. The number of halogens is 1. The maximum atomic E-state index is 5.69. The second kappa shape index (κ2) is 3.30. The van der Waals surface area contributed by atoms with Crippen LogP contribution in [-0.2, 0) is 7.05 Å². The van der Waals surface area contributed by atoms with Gasteiger partial charge in [-0.3, -0.25) is 0 Å². The maximum Gasteiger partial charge on any atom is 0.0501 e. The molecule has 0 radical (unpaired) electrons. The Morgan fingerprint density at radius 1 is 1.31 bits per heavy atom. The summed E-state index contributed by atoms with van der Waals surface area (Å²) >= 11 is 0. The molecule has 1 aromatic heterocycles. The van der Waals surface area contributed by atoms with E-state index in [0.717, 1.165) is 5.69 Å². The summed E-state index contributed by atoms with van der Waals surface area (Å²) in [4.78, 5) is 0. The summed E-state index contributed by atoms with van der Waals surface area (Å²) in [5.41, 5.74) is 9.01. The van der Waals surface area contributed by atoms with Crippen molar-refractivity contribution in [2.75, 3.05) is 5.73 Å². The van der Waals surface area contributed by atoms with E-state index < -0.39 is 0 Å². The Morgan fingerprint density at radius 2 is 2.00 bits per heavy atom. The lowest BCUT2D eigenvalue weighted by molar-refractivity contribution is 0.964. The minimum atomic E-state index is 0. The van der Waals surface area contributed by atoms with Gasteiger partial charge in [0.1, 0.15) is 0 Å². The summed E-state index contributed by atoms with van der Waals surface area (Å²) in [6.45, 7) is 2.11. The quantitative estimate of drug-likeness (QED) is 0.645. The molecule has 2 nitrogen and oxygen atoms in total. The molecular formula is C10H13ClN2. The predicted molar refractivity (Wildman–Crippen MR) is 59.3 cm³/mol. The van der Waals surface area contributed by atoms with E-state index in [9.17, 15) is 0 Å². The average Bonchev–Trinajstić information content (AvgIpc) is 2.28. The minimum absolute atomic E-state index is 0. The smallest absolute Gasteiger partial charge is 0.0501 e. The SMILES string of the molecule is Cc1cn(C)c2cc(N)ccc12.Cl. The van der Waals surface area contributed by atoms with Gasteiger partial charge in [0.2, 0.25) is 0 Å². The number of hydrogen-bond donors (Lipinski definition) is 1. The molecule has 0 saturated carbocycles. The molecule has 0 saturated heterocycles. The van der Waals surface area contributed by atoms with E-state index in [1.165, 1.54) is 16.5 Å². The molecule has 0 atom stereocenters. The van der Waals surface area contributed by atoms with Gasteiger partial charge in [-0.05, 0) is 24.6 Å². The first kappa shape index (κ1) is 9.93. The van der Waals surface area contributed by atoms with Gasteiger partial charge >= 0.3 is 0 Å². The fraction of sp³-hybridized carbons (Fsp3) is 0.200. The molecule has 0 aliphatic rings. The monoisotopic (exact) mass is 196 g/mol. The molecule has 0 fully saturated rings. The predicted octanol–water partition coefficient (Wildman–Crippen LogP) is 2.49. The van der Waals surface area contributed by atoms with Crippen LogP contribution in [0.25, 0.3) is 10.9 Å². The number of rotatable bonds is 0. The largest absolute Gasteiger partial charge is 0.399 e. The summed E-state index contributed by atoms with van der Waals surface area (Å²) in [7, 11) is 2.04. The number of fused-ring (bicyclic) bond motifs is 1. The van der Waals surface area contributed by atoms with Crippen LogP contribution in [0.15, 0.2) is 24.4 Å². The summed E-state index contributed by atoms with van der Waals surface area (Å²) in [6, 6.07) is 6.01. The molecule has 0 aliphatic carbocycles. The van der Waals surface area contributed by atoms with Gasteiger partial charge < -0.3 is 10.3 Å². The Balaban J connectivity index is 0.000000845. The zero-order valence-corrected chi connectivity index (χ0v) is 8.56. The molecule has 13 heavy (non-hydrogen) atoms. The minimum Gasteiger partial charge on any atom is -0.399 e. The average molecular weight is 197 g/mol. The van der Waals surface area contributed by atoms with E-state index in [-0.39, 0.29) is 12.4 Å². The third-order valence-electron chi connectivity index (χ3n) is 2.21. The molecule has 0 bridgehead atoms. The molecule has 0 aliphatic heterocycles. The normalized spacial score (nSPS) is 10.0. The molecule has 0 spiro atoms. The van der Waals surface area contributed by atoms with E-state index in [4.69, 9.17) is 5.73 Å². The van der Waals surface area contributed by atoms with E-state index in [0.29, 0.717) is 0 Å². The van der Waals surface area contributed by atoms with Crippen LogP contribution < -0.4 is 5.73 Å². The van der Waals surface area contributed by atoms with Crippen molar-refractivity contribution in [1.82, 2.24) is 4.57 Å². The number of hydrogen-bond acceptors (Lipinski definition) is 1. The number of benzene rings is 1. The van der Waals surface area contributed by atoms with E-state index in [2.05, 4.69) is 23.8 Å². The van der Waals surface area contributed by atoms with Crippen LogP contribution in [-0.4, -0.2) is 4.57 Å². The Hall–Kier alpha value is -1.15.